The maximum absolute atomic E-state index is 15.4. The second-order valence-corrected chi connectivity index (χ2v) is 16.0. The monoisotopic (exact) mass is 856 g/mol. The highest BCUT2D eigenvalue weighted by Crippen LogP contribution is 2.47. The molecule has 0 bridgehead atoms. The van der Waals surface area contributed by atoms with E-state index in [1.807, 2.05) is 66.7 Å². The number of rotatable bonds is 6. The lowest BCUT2D eigenvalue weighted by atomic mass is 9.92. The lowest BCUT2D eigenvalue weighted by Crippen LogP contribution is -2.30. The molecule has 9 aromatic rings. The van der Waals surface area contributed by atoms with Gasteiger partial charge in [0, 0.05) is 27.5 Å². The van der Waals surface area contributed by atoms with Gasteiger partial charge in [-0.1, -0.05) is 127 Å². The topological polar surface area (TPSA) is 42.3 Å². The van der Waals surface area contributed by atoms with Crippen LogP contribution in [0.15, 0.2) is 170 Å². The highest BCUT2D eigenvalue weighted by molar-refractivity contribution is 6.37. The number of hydrogen-bond donors (Lipinski definition) is 0. The molecule has 0 unspecified atom stereocenters. The quantitative estimate of drug-likeness (QED) is 0.123. The zero-order chi connectivity index (χ0) is 44.7. The van der Waals surface area contributed by atoms with Gasteiger partial charge in [0.2, 0.25) is 0 Å². The molecule has 64 heavy (non-hydrogen) atoms. The van der Waals surface area contributed by atoms with E-state index >= 15 is 4.79 Å². The largest absolute Gasteiger partial charge is 0.416 e. The van der Waals surface area contributed by atoms with E-state index in [1.54, 1.807) is 97.3 Å². The standard InChI is InChI=1S/C54H34F6N2O2/c1-31-25-35(29-37(27-31)53(55,56)57)40-18-9-20-42-43-21-10-19-41(36-26-32(2)28-38(30-36)54(58,59)60)50(43)61(49(40)42)46-24-12-22-44-48(46)52(64)62(51(44)63)45-23-11-17-39(33-13-5-3-6-14-33)47(45)34-15-7-4-8-16-34/h3-30H,1-2H3. The molecule has 2 heterocycles. The fraction of sp³-hybridized carbons (Fsp3) is 0.0741. The number of para-hydroxylation sites is 2. The normalized spacial score (nSPS) is 13.0. The maximum Gasteiger partial charge on any atom is 0.416 e. The van der Waals surface area contributed by atoms with Gasteiger partial charge in [-0.2, -0.15) is 26.3 Å². The molecule has 0 atom stereocenters. The first-order chi connectivity index (χ1) is 30.7. The summed E-state index contributed by atoms with van der Waals surface area (Å²) in [6, 6.07) is 47.2. The molecule has 0 spiro atoms. The minimum atomic E-state index is -4.66. The van der Waals surface area contributed by atoms with Gasteiger partial charge in [0.15, 0.2) is 0 Å². The Morgan fingerprint density at radius 2 is 0.844 bits per heavy atom. The van der Waals surface area contributed by atoms with E-state index < -0.39 is 35.3 Å². The van der Waals surface area contributed by atoms with Crippen LogP contribution in [-0.2, 0) is 12.4 Å². The predicted molar refractivity (Wildman–Crippen MR) is 240 cm³/mol. The average Bonchev–Trinajstić information content (AvgIpc) is 3.76. The molecule has 10 rings (SSSR count). The van der Waals surface area contributed by atoms with Gasteiger partial charge in [0.25, 0.3) is 11.8 Å². The molecule has 1 aromatic heterocycles. The summed E-state index contributed by atoms with van der Waals surface area (Å²) in [7, 11) is 0. The summed E-state index contributed by atoms with van der Waals surface area (Å²) in [6.07, 6.45) is -9.33. The smallest absolute Gasteiger partial charge is 0.307 e. The van der Waals surface area contributed by atoms with E-state index in [4.69, 9.17) is 0 Å². The number of benzene rings is 8. The zero-order valence-electron chi connectivity index (χ0n) is 34.1. The van der Waals surface area contributed by atoms with Crippen LogP contribution in [0.2, 0.25) is 0 Å². The van der Waals surface area contributed by atoms with Gasteiger partial charge in [-0.05, 0) is 95.3 Å². The number of carbonyl (C=O) groups excluding carboxylic acids is 2. The molecule has 0 radical (unpaired) electrons. The number of aromatic nitrogens is 1. The molecule has 0 N–H and O–H groups in total. The number of nitrogens with zero attached hydrogens (tertiary/aromatic N) is 2. The molecule has 1 aliphatic rings. The molecular weight excluding hydrogens is 823 g/mol. The summed E-state index contributed by atoms with van der Waals surface area (Å²) in [5, 5.41) is 1.14. The van der Waals surface area contributed by atoms with Crippen LogP contribution >= 0.6 is 0 Å². The van der Waals surface area contributed by atoms with Crippen molar-refractivity contribution in [1.29, 1.82) is 0 Å². The van der Waals surface area contributed by atoms with Crippen LogP contribution in [0.25, 0.3) is 72.0 Å². The number of amides is 2. The average molecular weight is 857 g/mol. The molecule has 10 heteroatoms. The van der Waals surface area contributed by atoms with Crippen LogP contribution in [0.5, 0.6) is 0 Å². The van der Waals surface area contributed by atoms with Crippen molar-refractivity contribution in [3.8, 4) is 50.2 Å². The number of aryl methyl sites for hydroxylation is 2. The van der Waals surface area contributed by atoms with Crippen LogP contribution in [0, 0.1) is 13.8 Å². The first-order valence-electron chi connectivity index (χ1n) is 20.4. The molecule has 0 aliphatic carbocycles. The van der Waals surface area contributed by atoms with Crippen LogP contribution in [-0.4, -0.2) is 16.4 Å². The minimum Gasteiger partial charge on any atom is -0.307 e. The zero-order valence-corrected chi connectivity index (χ0v) is 34.1. The number of fused-ring (bicyclic) bond motifs is 4. The fourth-order valence-electron chi connectivity index (χ4n) is 9.19. The number of carbonyl (C=O) groups is 2. The Kier molecular flexibility index (Phi) is 9.44. The van der Waals surface area contributed by atoms with Crippen LogP contribution in [0.1, 0.15) is 43.0 Å². The lowest BCUT2D eigenvalue weighted by molar-refractivity contribution is -0.138. The molecule has 0 saturated carbocycles. The number of imide groups is 1. The van der Waals surface area contributed by atoms with E-state index in [0.717, 1.165) is 45.9 Å². The number of anilines is 1. The van der Waals surface area contributed by atoms with Gasteiger partial charge in [-0.25, -0.2) is 4.90 Å². The first kappa shape index (κ1) is 40.4. The minimum absolute atomic E-state index is 0.0282. The van der Waals surface area contributed by atoms with Gasteiger partial charge in [0.1, 0.15) is 0 Å². The SMILES string of the molecule is Cc1cc(-c2cccc3c4cccc(-c5cc(C)cc(C(F)(F)F)c5)c4n(-c4cccc5c4C(=O)N(c4cccc(-c6ccccc6)c4-c4ccccc4)C5=O)c23)cc(C(F)(F)F)c1. The van der Waals surface area contributed by atoms with Crippen LogP contribution in [0.4, 0.5) is 32.0 Å². The second-order valence-electron chi connectivity index (χ2n) is 16.0. The number of hydrogen-bond acceptors (Lipinski definition) is 2. The van der Waals surface area contributed by atoms with Crippen molar-refractivity contribution >= 4 is 39.3 Å². The predicted octanol–water partition coefficient (Wildman–Crippen LogP) is 14.9. The third kappa shape index (κ3) is 6.64. The third-order valence-corrected chi connectivity index (χ3v) is 11.8. The van der Waals surface area contributed by atoms with Crippen molar-refractivity contribution in [2.24, 2.45) is 0 Å². The molecule has 8 aromatic carbocycles. The van der Waals surface area contributed by atoms with E-state index in [9.17, 15) is 31.1 Å². The Hall–Kier alpha value is -7.72. The summed E-state index contributed by atoms with van der Waals surface area (Å²) in [4.78, 5) is 31.4. The second kappa shape index (κ2) is 15.0. The van der Waals surface area contributed by atoms with Crippen molar-refractivity contribution < 1.29 is 35.9 Å². The van der Waals surface area contributed by atoms with E-state index in [0.29, 0.717) is 55.3 Å². The van der Waals surface area contributed by atoms with Crippen molar-refractivity contribution in [2.75, 3.05) is 4.90 Å². The van der Waals surface area contributed by atoms with Gasteiger partial charge in [-0.15, -0.1) is 0 Å². The molecule has 0 saturated heterocycles. The van der Waals surface area contributed by atoms with E-state index in [2.05, 4.69) is 0 Å². The fourth-order valence-corrected chi connectivity index (χ4v) is 9.19. The maximum atomic E-state index is 15.4. The molecule has 2 amide bonds. The molecule has 1 aliphatic heterocycles. The molecule has 0 fully saturated rings. The Morgan fingerprint density at radius 1 is 0.391 bits per heavy atom. The van der Waals surface area contributed by atoms with Crippen molar-refractivity contribution in [1.82, 2.24) is 4.57 Å². The van der Waals surface area contributed by atoms with Crippen molar-refractivity contribution in [3.05, 3.63) is 203 Å². The highest BCUT2D eigenvalue weighted by atomic mass is 19.4. The summed E-state index contributed by atoms with van der Waals surface area (Å²) in [6.45, 7) is 3.14. The Balaban J connectivity index is 1.29. The molecular formula is C54H34F6N2O2. The lowest BCUT2D eigenvalue weighted by Gasteiger charge is -2.22. The molecule has 314 valence electrons. The van der Waals surface area contributed by atoms with Gasteiger partial charge in [0.05, 0.1) is 44.7 Å². The van der Waals surface area contributed by atoms with Gasteiger partial charge < -0.3 is 4.57 Å². The Labute approximate surface area is 363 Å². The number of alkyl halides is 6. The first-order valence-corrected chi connectivity index (χ1v) is 20.4. The van der Waals surface area contributed by atoms with Gasteiger partial charge in [-0.3, -0.25) is 9.59 Å². The van der Waals surface area contributed by atoms with Crippen LogP contribution in [0.3, 0.4) is 0 Å². The Bertz CT molecular complexity index is 3250. The van der Waals surface area contributed by atoms with Gasteiger partial charge >= 0.3 is 12.4 Å². The van der Waals surface area contributed by atoms with Crippen molar-refractivity contribution in [3.63, 3.8) is 0 Å². The van der Waals surface area contributed by atoms with Crippen molar-refractivity contribution in [2.45, 2.75) is 26.2 Å². The Morgan fingerprint density at radius 3 is 1.36 bits per heavy atom. The third-order valence-electron chi connectivity index (χ3n) is 11.8. The van der Waals surface area contributed by atoms with Crippen LogP contribution < -0.4 is 4.90 Å². The van der Waals surface area contributed by atoms with E-state index in [1.165, 1.54) is 0 Å². The van der Waals surface area contributed by atoms with E-state index in [-0.39, 0.29) is 27.9 Å². The summed E-state index contributed by atoms with van der Waals surface area (Å²) in [5.74, 6) is -1.24. The highest BCUT2D eigenvalue weighted by Gasteiger charge is 2.41. The summed E-state index contributed by atoms with van der Waals surface area (Å²) >= 11 is 0. The molecule has 4 nitrogen and oxygen atoms in total. The number of halogens is 6. The summed E-state index contributed by atoms with van der Waals surface area (Å²) < 4.78 is 88.0. The summed E-state index contributed by atoms with van der Waals surface area (Å²) in [5.41, 5.74) is 4.76.